The third-order valence-electron chi connectivity index (χ3n) is 7.29. The fraction of sp³-hybridized carbons (Fsp3) is 0.481. The van der Waals surface area contributed by atoms with Crippen molar-refractivity contribution in [3.63, 3.8) is 0 Å². The number of halogens is 1. The molecular weight excluding hydrogens is 461 g/mol. The number of carbonyl (C=O) groups is 2. The molecule has 1 aromatic carbocycles. The van der Waals surface area contributed by atoms with E-state index in [-0.39, 0.29) is 17.9 Å². The zero-order valence-electron chi connectivity index (χ0n) is 20.4. The second-order valence-corrected chi connectivity index (χ2v) is 9.73. The lowest BCUT2D eigenvalue weighted by Gasteiger charge is -2.28. The van der Waals surface area contributed by atoms with E-state index < -0.39 is 5.82 Å². The zero-order chi connectivity index (χ0) is 24.9. The van der Waals surface area contributed by atoms with Crippen LogP contribution in [-0.4, -0.2) is 57.9 Å². The van der Waals surface area contributed by atoms with Gasteiger partial charge in [0.2, 0.25) is 11.8 Å². The summed E-state index contributed by atoms with van der Waals surface area (Å²) in [6.45, 7) is 3.66. The number of imidazole rings is 1. The van der Waals surface area contributed by atoms with Crippen LogP contribution in [0.25, 0.3) is 11.0 Å². The number of carbonyl (C=O) groups excluding carboxylic acids is 2. The number of amides is 1. The molecule has 3 aromatic rings. The summed E-state index contributed by atoms with van der Waals surface area (Å²) < 4.78 is 21.4. The molecule has 2 aromatic heterocycles. The molecule has 1 N–H and O–H groups in total. The Bertz CT molecular complexity index is 1200. The Hall–Kier alpha value is -3.33. The van der Waals surface area contributed by atoms with Gasteiger partial charge in [0.1, 0.15) is 24.2 Å². The van der Waals surface area contributed by atoms with Crippen molar-refractivity contribution in [1.82, 2.24) is 19.4 Å². The normalized spacial score (nSPS) is 20.8. The molecule has 1 saturated heterocycles. The number of aldehydes is 1. The van der Waals surface area contributed by atoms with Gasteiger partial charge in [0.05, 0.1) is 11.7 Å². The standard InChI is InChI=1S/C27H32FN5O3/c28-21-8-6-20(7-9-21)26(35)31-27-30-23-17-29-25(36-15-14-32-12-2-1-3-13-32)16-24(23)33(27)22-10-4-19(18-34)5-11-22/h6-9,16-19,22H,1-5,10-15H2,(H,30,31,35). The number of likely N-dealkylation sites (tertiary alicyclic amines) is 1. The van der Waals surface area contributed by atoms with Gasteiger partial charge in [-0.25, -0.2) is 14.4 Å². The summed E-state index contributed by atoms with van der Waals surface area (Å²) in [6.07, 6.45) is 9.69. The van der Waals surface area contributed by atoms with E-state index in [1.807, 2.05) is 10.6 Å². The first-order valence-electron chi connectivity index (χ1n) is 12.9. The van der Waals surface area contributed by atoms with Gasteiger partial charge in [-0.3, -0.25) is 15.0 Å². The summed E-state index contributed by atoms with van der Waals surface area (Å²) in [5.41, 5.74) is 1.84. The minimum Gasteiger partial charge on any atom is -0.476 e. The molecule has 1 aliphatic carbocycles. The van der Waals surface area contributed by atoms with E-state index in [0.29, 0.717) is 29.5 Å². The topological polar surface area (TPSA) is 89.3 Å². The highest BCUT2D eigenvalue weighted by atomic mass is 19.1. The summed E-state index contributed by atoms with van der Waals surface area (Å²) in [5.74, 6) is 0.257. The maximum absolute atomic E-state index is 13.3. The van der Waals surface area contributed by atoms with Crippen LogP contribution in [0.3, 0.4) is 0 Å². The summed E-state index contributed by atoms with van der Waals surface area (Å²) in [6, 6.07) is 7.38. The van der Waals surface area contributed by atoms with Gasteiger partial charge in [-0.2, -0.15) is 0 Å². The Kier molecular flexibility index (Phi) is 7.55. The quantitative estimate of drug-likeness (QED) is 0.461. The zero-order valence-corrected chi connectivity index (χ0v) is 20.4. The van der Waals surface area contributed by atoms with Crippen molar-refractivity contribution < 1.29 is 18.7 Å². The van der Waals surface area contributed by atoms with Crippen LogP contribution < -0.4 is 10.1 Å². The number of benzene rings is 1. The van der Waals surface area contributed by atoms with Crippen molar-refractivity contribution >= 4 is 29.2 Å². The molecule has 1 amide bonds. The number of nitrogens with zero attached hydrogens (tertiary/aromatic N) is 4. The SMILES string of the molecule is O=CC1CCC(n2c(NC(=O)c3ccc(F)cc3)nc3cnc(OCCN4CCCCC4)cc32)CC1. The molecule has 9 heteroatoms. The average molecular weight is 494 g/mol. The molecule has 1 saturated carbocycles. The molecule has 190 valence electrons. The minimum absolute atomic E-state index is 0.0728. The Morgan fingerprint density at radius 1 is 1.11 bits per heavy atom. The van der Waals surface area contributed by atoms with Crippen LogP contribution in [0.4, 0.5) is 10.3 Å². The summed E-state index contributed by atoms with van der Waals surface area (Å²) >= 11 is 0. The van der Waals surface area contributed by atoms with E-state index in [1.54, 1.807) is 6.20 Å². The van der Waals surface area contributed by atoms with Crippen LogP contribution in [0, 0.1) is 11.7 Å². The van der Waals surface area contributed by atoms with Crippen LogP contribution >= 0.6 is 0 Å². The molecule has 0 radical (unpaired) electrons. The summed E-state index contributed by atoms with van der Waals surface area (Å²) in [7, 11) is 0. The molecule has 0 bridgehead atoms. The Labute approximate surface area is 209 Å². The van der Waals surface area contributed by atoms with Crippen molar-refractivity contribution in [1.29, 1.82) is 0 Å². The van der Waals surface area contributed by atoms with Gasteiger partial charge >= 0.3 is 0 Å². The van der Waals surface area contributed by atoms with Crippen LogP contribution in [0.1, 0.15) is 61.3 Å². The Balaban J connectivity index is 1.39. The van der Waals surface area contributed by atoms with Gasteiger partial charge < -0.3 is 14.1 Å². The lowest BCUT2D eigenvalue weighted by molar-refractivity contribution is -0.112. The number of nitrogens with one attached hydrogen (secondary N) is 1. The number of rotatable bonds is 8. The Morgan fingerprint density at radius 2 is 1.86 bits per heavy atom. The summed E-state index contributed by atoms with van der Waals surface area (Å²) in [5, 5.41) is 2.91. The molecule has 5 rings (SSSR count). The lowest BCUT2D eigenvalue weighted by atomic mass is 9.87. The fourth-order valence-electron chi connectivity index (χ4n) is 5.25. The second kappa shape index (κ2) is 11.2. The first kappa shape index (κ1) is 24.4. The van der Waals surface area contributed by atoms with Gasteiger partial charge in [-0.15, -0.1) is 0 Å². The van der Waals surface area contributed by atoms with Crippen molar-refractivity contribution in [3.05, 3.63) is 47.9 Å². The predicted octanol–water partition coefficient (Wildman–Crippen LogP) is 4.62. The minimum atomic E-state index is -0.399. The highest BCUT2D eigenvalue weighted by molar-refractivity contribution is 6.04. The number of anilines is 1. The van der Waals surface area contributed by atoms with E-state index in [0.717, 1.165) is 57.1 Å². The van der Waals surface area contributed by atoms with E-state index in [9.17, 15) is 14.0 Å². The molecule has 0 spiro atoms. The average Bonchev–Trinajstić information content (AvgIpc) is 3.26. The van der Waals surface area contributed by atoms with Crippen molar-refractivity contribution in [2.24, 2.45) is 5.92 Å². The molecule has 3 heterocycles. The van der Waals surface area contributed by atoms with Crippen molar-refractivity contribution in [2.45, 2.75) is 51.0 Å². The molecule has 1 aliphatic heterocycles. The Morgan fingerprint density at radius 3 is 2.58 bits per heavy atom. The highest BCUT2D eigenvalue weighted by Crippen LogP contribution is 2.36. The molecule has 0 atom stereocenters. The monoisotopic (exact) mass is 493 g/mol. The maximum atomic E-state index is 13.3. The van der Waals surface area contributed by atoms with Gasteiger partial charge in [0.15, 0.2) is 0 Å². The maximum Gasteiger partial charge on any atom is 0.257 e. The number of hydrogen-bond acceptors (Lipinski definition) is 6. The fourth-order valence-corrected chi connectivity index (χ4v) is 5.25. The third kappa shape index (κ3) is 5.56. The first-order chi connectivity index (χ1) is 17.6. The van der Waals surface area contributed by atoms with Gasteiger partial charge in [0, 0.05) is 30.1 Å². The third-order valence-corrected chi connectivity index (χ3v) is 7.29. The summed E-state index contributed by atoms with van der Waals surface area (Å²) in [4.78, 5) is 35.7. The number of ether oxygens (including phenoxy) is 1. The van der Waals surface area contributed by atoms with Gasteiger partial charge in [-0.1, -0.05) is 6.42 Å². The number of hydrogen-bond donors (Lipinski definition) is 1. The first-order valence-corrected chi connectivity index (χ1v) is 12.9. The number of piperidine rings is 1. The van der Waals surface area contributed by atoms with E-state index in [2.05, 4.69) is 20.2 Å². The second-order valence-electron chi connectivity index (χ2n) is 9.73. The molecule has 2 fully saturated rings. The molecule has 8 nitrogen and oxygen atoms in total. The van der Waals surface area contributed by atoms with Crippen molar-refractivity contribution in [2.75, 3.05) is 31.6 Å². The van der Waals surface area contributed by atoms with E-state index in [4.69, 9.17) is 4.74 Å². The van der Waals surface area contributed by atoms with Crippen LogP contribution in [0.15, 0.2) is 36.5 Å². The largest absolute Gasteiger partial charge is 0.476 e. The van der Waals surface area contributed by atoms with Gasteiger partial charge in [-0.05, 0) is 75.9 Å². The van der Waals surface area contributed by atoms with Crippen molar-refractivity contribution in [3.8, 4) is 5.88 Å². The van der Waals surface area contributed by atoms with E-state index in [1.165, 1.54) is 43.5 Å². The number of fused-ring (bicyclic) bond motifs is 1. The van der Waals surface area contributed by atoms with Crippen LogP contribution in [0.5, 0.6) is 5.88 Å². The van der Waals surface area contributed by atoms with E-state index >= 15 is 0 Å². The number of aromatic nitrogens is 3. The predicted molar refractivity (Wildman–Crippen MR) is 135 cm³/mol. The highest BCUT2D eigenvalue weighted by Gasteiger charge is 2.27. The molecular formula is C27H32FN5O3. The number of pyridine rings is 1. The molecule has 0 unspecified atom stereocenters. The lowest BCUT2D eigenvalue weighted by Crippen LogP contribution is -2.33. The smallest absolute Gasteiger partial charge is 0.257 e. The van der Waals surface area contributed by atoms with Crippen LogP contribution in [0.2, 0.25) is 0 Å². The molecule has 2 aliphatic rings. The van der Waals surface area contributed by atoms with Gasteiger partial charge in [0.25, 0.3) is 5.91 Å². The van der Waals surface area contributed by atoms with Crippen LogP contribution in [-0.2, 0) is 4.79 Å². The molecule has 36 heavy (non-hydrogen) atoms.